The monoisotopic (exact) mass is 179 g/mol. The smallest absolute Gasteiger partial charge is 0.189 e. The maximum atomic E-state index is 8.54. The Morgan fingerprint density at radius 1 is 1.67 bits per heavy atom. The summed E-state index contributed by atoms with van der Waals surface area (Å²) in [4.78, 5) is 8.19. The first-order chi connectivity index (χ1) is 5.72. The number of hydrogen-bond acceptors (Lipinski definition) is 4. The third kappa shape index (κ3) is 2.51. The standard InChI is InChI=1S/C8H9N3S/c1-6-3-4-10-8(11-6)12-7(2)5-9/h3-4,7H,1-2H3. The van der Waals surface area contributed by atoms with E-state index in [1.54, 1.807) is 6.20 Å². The molecule has 0 saturated heterocycles. The van der Waals surface area contributed by atoms with Crippen LogP contribution in [-0.2, 0) is 0 Å². The summed E-state index contributed by atoms with van der Waals surface area (Å²) in [6, 6.07) is 3.95. The predicted octanol–water partition coefficient (Wildman–Crippen LogP) is 1.79. The van der Waals surface area contributed by atoms with Gasteiger partial charge in [-0.1, -0.05) is 11.8 Å². The summed E-state index contributed by atoms with van der Waals surface area (Å²) in [5.41, 5.74) is 0.928. The average molecular weight is 179 g/mol. The highest BCUT2D eigenvalue weighted by atomic mass is 32.2. The zero-order valence-corrected chi connectivity index (χ0v) is 7.80. The van der Waals surface area contributed by atoms with Crippen molar-refractivity contribution in [3.63, 3.8) is 0 Å². The van der Waals surface area contributed by atoms with Crippen LogP contribution in [0.25, 0.3) is 0 Å². The maximum Gasteiger partial charge on any atom is 0.189 e. The lowest BCUT2D eigenvalue weighted by molar-refractivity contribution is 0.929. The van der Waals surface area contributed by atoms with Gasteiger partial charge in [-0.2, -0.15) is 5.26 Å². The molecular weight excluding hydrogens is 170 g/mol. The average Bonchev–Trinajstić information content (AvgIpc) is 2.04. The molecule has 0 saturated carbocycles. The molecule has 1 heterocycles. The number of aryl methyl sites for hydroxylation is 1. The second kappa shape index (κ2) is 4.07. The van der Waals surface area contributed by atoms with Gasteiger partial charge in [-0.3, -0.25) is 0 Å². The summed E-state index contributed by atoms with van der Waals surface area (Å²) in [6.07, 6.45) is 1.70. The van der Waals surface area contributed by atoms with Crippen molar-refractivity contribution in [1.82, 2.24) is 9.97 Å². The van der Waals surface area contributed by atoms with Crippen molar-refractivity contribution in [2.75, 3.05) is 0 Å². The first-order valence-corrected chi connectivity index (χ1v) is 4.46. The van der Waals surface area contributed by atoms with E-state index in [0.29, 0.717) is 5.16 Å². The summed E-state index contributed by atoms with van der Waals surface area (Å²) in [6.45, 7) is 3.74. The van der Waals surface area contributed by atoms with Crippen LogP contribution in [0.3, 0.4) is 0 Å². The van der Waals surface area contributed by atoms with E-state index in [4.69, 9.17) is 5.26 Å². The van der Waals surface area contributed by atoms with Crippen LogP contribution in [-0.4, -0.2) is 15.2 Å². The minimum atomic E-state index is -0.0909. The van der Waals surface area contributed by atoms with E-state index in [-0.39, 0.29) is 5.25 Å². The van der Waals surface area contributed by atoms with Gasteiger partial charge in [-0.05, 0) is 19.9 Å². The molecule has 1 rings (SSSR count). The Balaban J connectivity index is 2.71. The summed E-state index contributed by atoms with van der Waals surface area (Å²) in [7, 11) is 0. The van der Waals surface area contributed by atoms with Crippen molar-refractivity contribution in [2.24, 2.45) is 0 Å². The normalized spacial score (nSPS) is 12.1. The fourth-order valence-corrected chi connectivity index (χ4v) is 1.35. The molecule has 0 radical (unpaired) electrons. The van der Waals surface area contributed by atoms with Gasteiger partial charge in [0.2, 0.25) is 0 Å². The van der Waals surface area contributed by atoms with Crippen LogP contribution in [0.5, 0.6) is 0 Å². The van der Waals surface area contributed by atoms with Crippen LogP contribution in [0.2, 0.25) is 0 Å². The molecule has 0 amide bonds. The molecule has 0 N–H and O–H groups in total. The molecule has 1 atom stereocenters. The van der Waals surface area contributed by atoms with Crippen molar-refractivity contribution in [2.45, 2.75) is 24.3 Å². The van der Waals surface area contributed by atoms with Crippen molar-refractivity contribution < 1.29 is 0 Å². The number of rotatable bonds is 2. The molecule has 1 aromatic heterocycles. The van der Waals surface area contributed by atoms with Crippen LogP contribution >= 0.6 is 11.8 Å². The zero-order valence-electron chi connectivity index (χ0n) is 6.98. The Morgan fingerprint density at radius 3 is 3.00 bits per heavy atom. The Hall–Kier alpha value is -1.08. The van der Waals surface area contributed by atoms with Crippen LogP contribution in [0.4, 0.5) is 0 Å². The largest absolute Gasteiger partial charge is 0.231 e. The van der Waals surface area contributed by atoms with E-state index in [2.05, 4.69) is 16.0 Å². The molecule has 4 heteroatoms. The van der Waals surface area contributed by atoms with E-state index < -0.39 is 0 Å². The van der Waals surface area contributed by atoms with Crippen molar-refractivity contribution in [3.8, 4) is 6.07 Å². The second-order valence-corrected chi connectivity index (χ2v) is 3.68. The van der Waals surface area contributed by atoms with Gasteiger partial charge in [0.25, 0.3) is 0 Å². The van der Waals surface area contributed by atoms with Gasteiger partial charge in [0.1, 0.15) is 0 Å². The van der Waals surface area contributed by atoms with Gasteiger partial charge in [-0.25, -0.2) is 9.97 Å². The van der Waals surface area contributed by atoms with Crippen molar-refractivity contribution >= 4 is 11.8 Å². The summed E-state index contributed by atoms with van der Waals surface area (Å²) < 4.78 is 0. The molecule has 12 heavy (non-hydrogen) atoms. The highest BCUT2D eigenvalue weighted by Gasteiger charge is 2.04. The lowest BCUT2D eigenvalue weighted by Crippen LogP contribution is -1.94. The summed E-state index contributed by atoms with van der Waals surface area (Å²) in [5, 5.41) is 9.12. The van der Waals surface area contributed by atoms with E-state index in [1.807, 2.05) is 19.9 Å². The Labute approximate surface area is 75.8 Å². The van der Waals surface area contributed by atoms with Crippen molar-refractivity contribution in [3.05, 3.63) is 18.0 Å². The van der Waals surface area contributed by atoms with Crippen LogP contribution in [0, 0.1) is 18.3 Å². The first-order valence-electron chi connectivity index (χ1n) is 3.58. The van der Waals surface area contributed by atoms with Gasteiger partial charge in [0.05, 0.1) is 11.3 Å². The Bertz CT molecular complexity index is 305. The molecule has 0 bridgehead atoms. The van der Waals surface area contributed by atoms with Gasteiger partial charge in [-0.15, -0.1) is 0 Å². The number of aromatic nitrogens is 2. The van der Waals surface area contributed by atoms with Crippen molar-refractivity contribution in [1.29, 1.82) is 5.26 Å². The highest BCUT2D eigenvalue weighted by molar-refractivity contribution is 7.99. The molecule has 0 aliphatic carbocycles. The predicted molar refractivity (Wildman–Crippen MR) is 47.7 cm³/mol. The fourth-order valence-electron chi connectivity index (χ4n) is 0.667. The summed E-state index contributed by atoms with van der Waals surface area (Å²) >= 11 is 1.37. The molecule has 0 spiro atoms. The lowest BCUT2D eigenvalue weighted by Gasteiger charge is -2.00. The number of nitriles is 1. The Morgan fingerprint density at radius 2 is 2.42 bits per heavy atom. The topological polar surface area (TPSA) is 49.6 Å². The quantitative estimate of drug-likeness (QED) is 0.513. The molecule has 3 nitrogen and oxygen atoms in total. The molecule has 0 aromatic carbocycles. The first kappa shape index (κ1) is 9.01. The van der Waals surface area contributed by atoms with Crippen LogP contribution < -0.4 is 0 Å². The Kier molecular flexibility index (Phi) is 3.06. The van der Waals surface area contributed by atoms with E-state index >= 15 is 0 Å². The number of nitrogens with zero attached hydrogens (tertiary/aromatic N) is 3. The van der Waals surface area contributed by atoms with Gasteiger partial charge in [0.15, 0.2) is 5.16 Å². The molecule has 1 aromatic rings. The maximum absolute atomic E-state index is 8.54. The zero-order chi connectivity index (χ0) is 8.97. The second-order valence-electron chi connectivity index (χ2n) is 2.37. The van der Waals surface area contributed by atoms with Gasteiger partial charge < -0.3 is 0 Å². The molecule has 0 fully saturated rings. The lowest BCUT2D eigenvalue weighted by atomic mass is 10.5. The van der Waals surface area contributed by atoms with Gasteiger partial charge in [0, 0.05) is 11.9 Å². The number of thioether (sulfide) groups is 1. The third-order valence-electron chi connectivity index (χ3n) is 1.24. The highest BCUT2D eigenvalue weighted by Crippen LogP contribution is 2.17. The molecule has 1 unspecified atom stereocenters. The SMILES string of the molecule is Cc1ccnc(SC(C)C#N)n1. The number of hydrogen-bond donors (Lipinski definition) is 0. The van der Waals surface area contributed by atoms with Gasteiger partial charge >= 0.3 is 0 Å². The minimum Gasteiger partial charge on any atom is -0.231 e. The third-order valence-corrected chi connectivity index (χ3v) is 2.10. The van der Waals surface area contributed by atoms with Crippen LogP contribution in [0.15, 0.2) is 17.4 Å². The molecular formula is C8H9N3S. The minimum absolute atomic E-state index is 0.0909. The summed E-state index contributed by atoms with van der Waals surface area (Å²) in [5.74, 6) is 0. The van der Waals surface area contributed by atoms with E-state index in [1.165, 1.54) is 11.8 Å². The molecule has 0 aliphatic heterocycles. The molecule has 62 valence electrons. The molecule has 0 aliphatic rings. The van der Waals surface area contributed by atoms with E-state index in [9.17, 15) is 0 Å². The fraction of sp³-hybridized carbons (Fsp3) is 0.375. The van der Waals surface area contributed by atoms with E-state index in [0.717, 1.165) is 5.69 Å². The van der Waals surface area contributed by atoms with Crippen LogP contribution in [0.1, 0.15) is 12.6 Å².